The second-order valence-corrected chi connectivity index (χ2v) is 6.73. The van der Waals surface area contributed by atoms with E-state index < -0.39 is 17.8 Å². The molecule has 28 heavy (non-hydrogen) atoms. The van der Waals surface area contributed by atoms with Crippen molar-refractivity contribution in [2.45, 2.75) is 39.9 Å². The predicted molar refractivity (Wildman–Crippen MR) is 101 cm³/mol. The fourth-order valence-corrected chi connectivity index (χ4v) is 2.91. The summed E-state index contributed by atoms with van der Waals surface area (Å²) in [6.07, 6.45) is -3.18. The average molecular weight is 396 g/mol. The first-order chi connectivity index (χ1) is 13.1. The smallest absolute Gasteiger partial charge is 0.391 e. The van der Waals surface area contributed by atoms with Gasteiger partial charge in [-0.1, -0.05) is 26.0 Å². The number of halogens is 3. The number of anilines is 1. The van der Waals surface area contributed by atoms with Gasteiger partial charge in [-0.15, -0.1) is 0 Å². The van der Waals surface area contributed by atoms with Gasteiger partial charge in [0.05, 0.1) is 30.0 Å². The van der Waals surface area contributed by atoms with Crippen LogP contribution >= 0.6 is 0 Å². The third kappa shape index (κ3) is 4.78. The third-order valence-electron chi connectivity index (χ3n) is 4.22. The zero-order valence-corrected chi connectivity index (χ0v) is 16.1. The topological polar surface area (TPSA) is 81.6 Å². The molecule has 1 aromatic heterocycles. The molecule has 0 saturated carbocycles. The summed E-state index contributed by atoms with van der Waals surface area (Å²) in [5.41, 5.74) is -0.178. The van der Waals surface area contributed by atoms with Crippen molar-refractivity contribution in [2.24, 2.45) is 11.0 Å². The molecule has 0 aliphatic rings. The largest absolute Gasteiger partial charge is 0.416 e. The number of nitrogens with one attached hydrogen (secondary N) is 1. The van der Waals surface area contributed by atoms with Gasteiger partial charge in [-0.3, -0.25) is 4.79 Å². The van der Waals surface area contributed by atoms with Crippen LogP contribution in [0, 0.1) is 19.8 Å². The van der Waals surface area contributed by atoms with Crippen molar-refractivity contribution in [1.82, 2.24) is 9.97 Å². The molecule has 0 fully saturated rings. The van der Waals surface area contributed by atoms with Crippen LogP contribution < -0.4 is 10.6 Å². The van der Waals surface area contributed by atoms with E-state index in [9.17, 15) is 18.0 Å². The zero-order valence-electron chi connectivity index (χ0n) is 16.1. The molecule has 1 unspecified atom stereocenters. The minimum atomic E-state index is -4.43. The van der Waals surface area contributed by atoms with E-state index in [0.717, 1.165) is 12.1 Å². The van der Waals surface area contributed by atoms with Crippen LogP contribution in [-0.2, 0) is 6.18 Å². The van der Waals surface area contributed by atoms with Crippen molar-refractivity contribution in [2.75, 3.05) is 11.6 Å². The lowest BCUT2D eigenvalue weighted by Crippen LogP contribution is -2.31. The van der Waals surface area contributed by atoms with Crippen LogP contribution in [0.2, 0.25) is 0 Å². The fourth-order valence-electron chi connectivity index (χ4n) is 2.91. The molecule has 2 rings (SSSR count). The van der Waals surface area contributed by atoms with E-state index >= 15 is 0 Å². The van der Waals surface area contributed by atoms with Gasteiger partial charge in [0.1, 0.15) is 5.82 Å². The van der Waals surface area contributed by atoms with Crippen LogP contribution in [0.5, 0.6) is 0 Å². The van der Waals surface area contributed by atoms with Crippen LogP contribution in [0.3, 0.4) is 0 Å². The normalized spacial score (nSPS) is 13.3. The second-order valence-electron chi connectivity index (χ2n) is 6.73. The van der Waals surface area contributed by atoms with Crippen molar-refractivity contribution < 1.29 is 18.3 Å². The number of nitrogens with zero attached hydrogens (tertiary/aromatic N) is 3. The highest BCUT2D eigenvalue weighted by atomic mass is 19.4. The first kappa shape index (κ1) is 21.6. The van der Waals surface area contributed by atoms with E-state index in [1.807, 2.05) is 13.8 Å². The molecule has 0 saturated heterocycles. The van der Waals surface area contributed by atoms with Crippen LogP contribution in [0.4, 0.5) is 19.0 Å². The highest BCUT2D eigenvalue weighted by molar-refractivity contribution is 5.61. The summed E-state index contributed by atoms with van der Waals surface area (Å²) >= 11 is 0. The number of aliphatic hydroxyl groups is 1. The summed E-state index contributed by atoms with van der Waals surface area (Å²) in [7, 11) is 0. The minimum Gasteiger partial charge on any atom is -0.391 e. The summed E-state index contributed by atoms with van der Waals surface area (Å²) in [4.78, 5) is 19.1. The molecule has 0 bridgehead atoms. The van der Waals surface area contributed by atoms with E-state index in [4.69, 9.17) is 5.11 Å². The molecule has 2 aromatic rings. The summed E-state index contributed by atoms with van der Waals surface area (Å²) in [5, 5.41) is 14.9. The SMILES string of the molecule is Cc1nc(N(/N=C/CO)C(c2ccc(C(F)(F)F)cc2)C(C)C)c(C)c(=O)[nH]1. The van der Waals surface area contributed by atoms with E-state index in [1.165, 1.54) is 23.4 Å². The van der Waals surface area contributed by atoms with Gasteiger partial charge >= 0.3 is 6.18 Å². The molecular formula is C19H23F3N4O2. The number of aromatic amines is 1. The number of aliphatic hydroxyl groups excluding tert-OH is 1. The maximum Gasteiger partial charge on any atom is 0.416 e. The molecule has 0 radical (unpaired) electrons. The Morgan fingerprint density at radius 1 is 1.25 bits per heavy atom. The summed E-state index contributed by atoms with van der Waals surface area (Å²) < 4.78 is 38.7. The minimum absolute atomic E-state index is 0.0895. The molecule has 0 aliphatic carbocycles. The number of benzene rings is 1. The fraction of sp³-hybridized carbons (Fsp3) is 0.421. The number of rotatable bonds is 6. The van der Waals surface area contributed by atoms with Gasteiger partial charge in [0, 0.05) is 0 Å². The Kier molecular flexibility index (Phi) is 6.60. The number of H-pyrrole nitrogens is 1. The van der Waals surface area contributed by atoms with Crippen LogP contribution in [0.25, 0.3) is 0 Å². The third-order valence-corrected chi connectivity index (χ3v) is 4.22. The molecular weight excluding hydrogens is 373 g/mol. The van der Waals surface area contributed by atoms with Gasteiger partial charge in [0.25, 0.3) is 5.56 Å². The van der Waals surface area contributed by atoms with Crippen molar-refractivity contribution in [3.63, 3.8) is 0 Å². The number of aromatic nitrogens is 2. The summed E-state index contributed by atoms with van der Waals surface area (Å²) in [6, 6.07) is 4.32. The zero-order chi connectivity index (χ0) is 21.1. The molecule has 0 spiro atoms. The lowest BCUT2D eigenvalue weighted by molar-refractivity contribution is -0.137. The molecule has 0 aliphatic heterocycles. The molecule has 9 heteroatoms. The maximum absolute atomic E-state index is 12.9. The molecule has 152 valence electrons. The van der Waals surface area contributed by atoms with E-state index in [2.05, 4.69) is 15.1 Å². The van der Waals surface area contributed by atoms with Crippen molar-refractivity contribution in [1.29, 1.82) is 0 Å². The number of alkyl halides is 3. The standard InChI is InChI=1S/C19H23F3N4O2/c1-11(2)16(14-5-7-15(8-6-14)19(20,21)22)26(23-9-10-27)17-12(3)18(28)25-13(4)24-17/h5-9,11,16,27H,10H2,1-4H3,(H,24,25,28)/b23-9+. The Morgan fingerprint density at radius 2 is 1.86 bits per heavy atom. The monoisotopic (exact) mass is 396 g/mol. The van der Waals surface area contributed by atoms with Gasteiger partial charge in [0.15, 0.2) is 5.82 Å². The van der Waals surface area contributed by atoms with E-state index in [1.54, 1.807) is 13.8 Å². The first-order valence-electron chi connectivity index (χ1n) is 8.73. The quantitative estimate of drug-likeness (QED) is 0.578. The lowest BCUT2D eigenvalue weighted by atomic mass is 9.94. The number of hydrogen-bond acceptors (Lipinski definition) is 5. The van der Waals surface area contributed by atoms with Gasteiger partial charge in [-0.2, -0.15) is 18.3 Å². The van der Waals surface area contributed by atoms with Crippen LogP contribution in [0.15, 0.2) is 34.2 Å². The Balaban J connectivity index is 2.61. The Hall–Kier alpha value is -2.68. The Bertz CT molecular complexity index is 890. The summed E-state index contributed by atoms with van der Waals surface area (Å²) in [6.45, 7) is 6.65. The van der Waals surface area contributed by atoms with Crippen molar-refractivity contribution >= 4 is 12.0 Å². The van der Waals surface area contributed by atoms with Gasteiger partial charge in [-0.25, -0.2) is 9.99 Å². The van der Waals surface area contributed by atoms with E-state index in [-0.39, 0.29) is 23.9 Å². The van der Waals surface area contributed by atoms with Gasteiger partial charge in [0.2, 0.25) is 0 Å². The van der Waals surface area contributed by atoms with Crippen LogP contribution in [0.1, 0.15) is 42.4 Å². The first-order valence-corrected chi connectivity index (χ1v) is 8.73. The number of hydrogen-bond donors (Lipinski definition) is 2. The number of hydrazone groups is 1. The average Bonchev–Trinajstić information content (AvgIpc) is 2.61. The van der Waals surface area contributed by atoms with Crippen molar-refractivity contribution in [3.8, 4) is 0 Å². The molecule has 0 amide bonds. The Labute approximate surface area is 160 Å². The molecule has 6 nitrogen and oxygen atoms in total. The second kappa shape index (κ2) is 8.55. The highest BCUT2D eigenvalue weighted by Crippen LogP contribution is 2.35. The van der Waals surface area contributed by atoms with Gasteiger partial charge in [-0.05, 0) is 37.5 Å². The predicted octanol–water partition coefficient (Wildman–Crippen LogP) is 3.59. The molecule has 2 N–H and O–H groups in total. The molecule has 1 heterocycles. The molecule has 1 aromatic carbocycles. The van der Waals surface area contributed by atoms with Gasteiger partial charge < -0.3 is 10.1 Å². The molecule has 1 atom stereocenters. The highest BCUT2D eigenvalue weighted by Gasteiger charge is 2.32. The van der Waals surface area contributed by atoms with E-state index in [0.29, 0.717) is 17.0 Å². The van der Waals surface area contributed by atoms with Crippen LogP contribution in [-0.4, -0.2) is 27.9 Å². The number of aryl methyl sites for hydroxylation is 1. The lowest BCUT2D eigenvalue weighted by Gasteiger charge is -2.32. The Morgan fingerprint density at radius 3 is 2.36 bits per heavy atom. The summed E-state index contributed by atoms with van der Waals surface area (Å²) in [5.74, 6) is 0.572. The maximum atomic E-state index is 12.9. The van der Waals surface area contributed by atoms with Crippen molar-refractivity contribution in [3.05, 3.63) is 57.1 Å².